The Morgan fingerprint density at radius 3 is 2.85 bits per heavy atom. The number of rotatable bonds is 5. The summed E-state index contributed by atoms with van der Waals surface area (Å²) in [5.41, 5.74) is 6.83. The summed E-state index contributed by atoms with van der Waals surface area (Å²) < 4.78 is 5.21. The lowest BCUT2D eigenvalue weighted by Crippen LogP contribution is -2.24. The number of hydrogen-bond donors (Lipinski definition) is 1. The fraction of sp³-hybridized carbons (Fsp3) is 0.800. The van der Waals surface area contributed by atoms with E-state index in [2.05, 4.69) is 18.7 Å². The van der Waals surface area contributed by atoms with E-state index in [0.717, 1.165) is 40.6 Å². The first-order valence-corrected chi connectivity index (χ1v) is 8.39. The summed E-state index contributed by atoms with van der Waals surface area (Å²) in [4.78, 5) is 8.34. The van der Waals surface area contributed by atoms with Crippen LogP contribution in [0.4, 0.5) is 5.13 Å². The molecule has 0 amide bonds. The van der Waals surface area contributed by atoms with Crippen LogP contribution in [-0.2, 0) is 17.9 Å². The van der Waals surface area contributed by atoms with Gasteiger partial charge in [-0.1, -0.05) is 13.8 Å². The van der Waals surface area contributed by atoms with Crippen LogP contribution in [0.5, 0.6) is 0 Å². The van der Waals surface area contributed by atoms with Gasteiger partial charge in [0.05, 0.1) is 12.3 Å². The molecule has 1 fully saturated rings. The van der Waals surface area contributed by atoms with Gasteiger partial charge in [-0.15, -0.1) is 11.3 Å². The summed E-state index contributed by atoms with van der Waals surface area (Å²) in [5, 5.41) is 1.13. The lowest BCUT2D eigenvalue weighted by Gasteiger charge is -2.20. The van der Waals surface area contributed by atoms with Crippen LogP contribution >= 0.6 is 11.3 Å². The van der Waals surface area contributed by atoms with E-state index in [1.807, 2.05) is 0 Å². The summed E-state index contributed by atoms with van der Waals surface area (Å²) in [7, 11) is 1.71. The van der Waals surface area contributed by atoms with Crippen molar-refractivity contribution < 1.29 is 4.74 Å². The molecule has 1 unspecified atom stereocenters. The molecule has 0 saturated carbocycles. The predicted octanol–water partition coefficient (Wildman–Crippen LogP) is 3.01. The van der Waals surface area contributed by atoms with Crippen LogP contribution in [0.15, 0.2) is 0 Å². The Balaban J connectivity index is 2.07. The lowest BCUT2D eigenvalue weighted by atomic mass is 9.89. The smallest absolute Gasteiger partial charge is 0.185 e. The number of anilines is 1. The van der Waals surface area contributed by atoms with E-state index in [-0.39, 0.29) is 0 Å². The van der Waals surface area contributed by atoms with E-state index in [9.17, 15) is 0 Å². The number of nitrogens with two attached hydrogens (primary N) is 1. The first kappa shape index (κ1) is 15.7. The Bertz CT molecular complexity index is 419. The van der Waals surface area contributed by atoms with Gasteiger partial charge in [-0.2, -0.15) is 0 Å². The van der Waals surface area contributed by atoms with E-state index in [4.69, 9.17) is 15.5 Å². The molecule has 0 aromatic carbocycles. The third-order valence-corrected chi connectivity index (χ3v) is 5.40. The molecule has 2 rings (SSSR count). The molecule has 5 heteroatoms. The van der Waals surface area contributed by atoms with Gasteiger partial charge in [-0.25, -0.2) is 4.98 Å². The van der Waals surface area contributed by atoms with Gasteiger partial charge in [-0.3, -0.25) is 0 Å². The zero-order valence-electron chi connectivity index (χ0n) is 12.9. The monoisotopic (exact) mass is 297 g/mol. The first-order chi connectivity index (χ1) is 9.65. The molecule has 2 N–H and O–H groups in total. The summed E-state index contributed by atoms with van der Waals surface area (Å²) in [6.45, 7) is 8.03. The number of hydrogen-bond acceptors (Lipinski definition) is 5. The Kier molecular flexibility index (Phi) is 5.81. The van der Waals surface area contributed by atoms with Crippen molar-refractivity contribution in [2.45, 2.75) is 46.3 Å². The number of thiazole rings is 1. The van der Waals surface area contributed by atoms with Crippen LogP contribution in [0.2, 0.25) is 0 Å². The SMILES string of the molecule is COCc1nc(N2CCCC(C(C)C)CC2)sc1CN. The number of methoxy groups -OCH3 is 1. The third kappa shape index (κ3) is 3.71. The molecule has 1 aromatic rings. The molecule has 0 aliphatic carbocycles. The zero-order chi connectivity index (χ0) is 14.5. The van der Waals surface area contributed by atoms with Crippen molar-refractivity contribution in [1.29, 1.82) is 0 Å². The van der Waals surface area contributed by atoms with Crippen LogP contribution < -0.4 is 10.6 Å². The van der Waals surface area contributed by atoms with Crippen molar-refractivity contribution >= 4 is 16.5 Å². The van der Waals surface area contributed by atoms with Gasteiger partial charge in [0.1, 0.15) is 0 Å². The largest absolute Gasteiger partial charge is 0.378 e. The number of nitrogens with zero attached hydrogens (tertiary/aromatic N) is 2. The quantitative estimate of drug-likeness (QED) is 0.907. The van der Waals surface area contributed by atoms with Gasteiger partial charge >= 0.3 is 0 Å². The zero-order valence-corrected chi connectivity index (χ0v) is 13.7. The van der Waals surface area contributed by atoms with Crippen molar-refractivity contribution in [3.05, 3.63) is 10.6 Å². The van der Waals surface area contributed by atoms with Crippen molar-refractivity contribution in [2.75, 3.05) is 25.1 Å². The Hall–Kier alpha value is -0.650. The molecule has 1 aliphatic heterocycles. The molecule has 1 aliphatic rings. The molecule has 1 aromatic heterocycles. The Morgan fingerprint density at radius 2 is 2.20 bits per heavy atom. The van der Waals surface area contributed by atoms with Crippen molar-refractivity contribution in [1.82, 2.24) is 4.98 Å². The minimum Gasteiger partial charge on any atom is -0.378 e. The Labute approximate surface area is 126 Å². The van der Waals surface area contributed by atoms with E-state index in [0.29, 0.717) is 13.2 Å². The minimum absolute atomic E-state index is 0.554. The second-order valence-electron chi connectivity index (χ2n) is 5.93. The second kappa shape index (κ2) is 7.38. The van der Waals surface area contributed by atoms with Crippen molar-refractivity contribution in [3.63, 3.8) is 0 Å². The van der Waals surface area contributed by atoms with Crippen LogP contribution in [0.1, 0.15) is 43.7 Å². The van der Waals surface area contributed by atoms with Gasteiger partial charge in [0.2, 0.25) is 0 Å². The predicted molar refractivity (Wildman–Crippen MR) is 85.1 cm³/mol. The van der Waals surface area contributed by atoms with Gasteiger partial charge in [0.15, 0.2) is 5.13 Å². The summed E-state index contributed by atoms with van der Waals surface area (Å²) in [6, 6.07) is 0. The summed E-state index contributed by atoms with van der Waals surface area (Å²) in [6.07, 6.45) is 3.88. The van der Waals surface area contributed by atoms with E-state index in [1.165, 1.54) is 19.3 Å². The topological polar surface area (TPSA) is 51.4 Å². The van der Waals surface area contributed by atoms with E-state index >= 15 is 0 Å². The summed E-state index contributed by atoms with van der Waals surface area (Å²) >= 11 is 1.73. The van der Waals surface area contributed by atoms with Crippen LogP contribution in [0, 0.1) is 11.8 Å². The first-order valence-electron chi connectivity index (χ1n) is 7.58. The van der Waals surface area contributed by atoms with Gasteiger partial charge in [0.25, 0.3) is 0 Å². The minimum atomic E-state index is 0.554. The van der Waals surface area contributed by atoms with Gasteiger partial charge < -0.3 is 15.4 Å². The van der Waals surface area contributed by atoms with E-state index < -0.39 is 0 Å². The lowest BCUT2D eigenvalue weighted by molar-refractivity contribution is 0.181. The highest BCUT2D eigenvalue weighted by molar-refractivity contribution is 7.15. The number of ether oxygens (including phenoxy) is 1. The number of aromatic nitrogens is 1. The average molecular weight is 297 g/mol. The maximum absolute atomic E-state index is 5.81. The fourth-order valence-electron chi connectivity index (χ4n) is 2.89. The maximum Gasteiger partial charge on any atom is 0.185 e. The molecule has 1 saturated heterocycles. The maximum atomic E-state index is 5.81. The molecule has 20 heavy (non-hydrogen) atoms. The standard InChI is InChI=1S/C15H27N3OS/c1-11(2)12-5-4-7-18(8-6-12)15-17-13(10-19-3)14(9-16)20-15/h11-12H,4-10,16H2,1-3H3. The molecule has 1 atom stereocenters. The van der Waals surface area contributed by atoms with Crippen LogP contribution in [0.3, 0.4) is 0 Å². The van der Waals surface area contributed by atoms with Crippen LogP contribution in [-0.4, -0.2) is 25.2 Å². The highest BCUT2D eigenvalue weighted by atomic mass is 32.1. The molecule has 2 heterocycles. The highest BCUT2D eigenvalue weighted by Gasteiger charge is 2.22. The Morgan fingerprint density at radius 1 is 1.40 bits per heavy atom. The van der Waals surface area contributed by atoms with Crippen molar-refractivity contribution in [2.24, 2.45) is 17.6 Å². The molecule has 0 spiro atoms. The third-order valence-electron chi connectivity index (χ3n) is 4.22. The molecular weight excluding hydrogens is 270 g/mol. The normalized spacial score (nSPS) is 20.4. The van der Waals surface area contributed by atoms with Gasteiger partial charge in [0, 0.05) is 31.6 Å². The van der Waals surface area contributed by atoms with Gasteiger partial charge in [-0.05, 0) is 31.1 Å². The molecule has 114 valence electrons. The average Bonchev–Trinajstić information content (AvgIpc) is 2.67. The van der Waals surface area contributed by atoms with Crippen LogP contribution in [0.25, 0.3) is 0 Å². The van der Waals surface area contributed by atoms with E-state index in [1.54, 1.807) is 18.4 Å². The molecule has 0 bridgehead atoms. The fourth-order valence-corrected chi connectivity index (χ4v) is 3.89. The van der Waals surface area contributed by atoms with Crippen molar-refractivity contribution in [3.8, 4) is 0 Å². The highest BCUT2D eigenvalue weighted by Crippen LogP contribution is 2.31. The molecule has 0 radical (unpaired) electrons. The molecule has 4 nitrogen and oxygen atoms in total. The second-order valence-corrected chi connectivity index (χ2v) is 6.99. The molecular formula is C15H27N3OS. The summed E-state index contributed by atoms with van der Waals surface area (Å²) in [5.74, 6) is 1.64.